The summed E-state index contributed by atoms with van der Waals surface area (Å²) in [5.41, 5.74) is 0.809. The molecule has 136 valence electrons. The van der Waals surface area contributed by atoms with E-state index in [9.17, 15) is 4.79 Å². The topological polar surface area (TPSA) is 72.6 Å². The zero-order valence-electron chi connectivity index (χ0n) is 15.3. The van der Waals surface area contributed by atoms with Crippen LogP contribution in [0.2, 0.25) is 0 Å². The van der Waals surface area contributed by atoms with Crippen LogP contribution in [0, 0.1) is 5.92 Å². The molecule has 0 aromatic carbocycles. The number of allylic oxidation sites excluding steroid dienone is 1. The van der Waals surface area contributed by atoms with Crippen LogP contribution in [-0.4, -0.2) is 56.4 Å². The van der Waals surface area contributed by atoms with Crippen molar-refractivity contribution in [3.8, 4) is 0 Å². The van der Waals surface area contributed by atoms with Crippen molar-refractivity contribution in [3.63, 3.8) is 0 Å². The third-order valence-electron chi connectivity index (χ3n) is 5.70. The van der Waals surface area contributed by atoms with Gasteiger partial charge in [-0.3, -0.25) is 0 Å². The Morgan fingerprint density at radius 3 is 2.67 bits per heavy atom. The van der Waals surface area contributed by atoms with Crippen molar-refractivity contribution in [2.24, 2.45) is 5.92 Å². The number of rotatable bonds is 5. The van der Waals surface area contributed by atoms with Gasteiger partial charge < -0.3 is 24.3 Å². The highest BCUT2D eigenvalue weighted by Gasteiger charge is 2.72. The summed E-state index contributed by atoms with van der Waals surface area (Å²) in [6.07, 6.45) is 3.96. The molecule has 0 radical (unpaired) electrons. The fraction of sp³-hybridized carbons (Fsp3) is 0.833. The number of amides is 1. The molecule has 1 aliphatic carbocycles. The smallest absolute Gasteiger partial charge is 0.407 e. The van der Waals surface area contributed by atoms with Crippen LogP contribution < -0.4 is 5.32 Å². The molecule has 6 nitrogen and oxygen atoms in total. The van der Waals surface area contributed by atoms with Crippen molar-refractivity contribution in [2.75, 3.05) is 20.8 Å². The van der Waals surface area contributed by atoms with Gasteiger partial charge in [-0.25, -0.2) is 4.79 Å². The van der Waals surface area contributed by atoms with Crippen molar-refractivity contribution in [3.05, 3.63) is 11.6 Å². The quantitative estimate of drug-likeness (QED) is 0.615. The second-order valence-electron chi connectivity index (χ2n) is 7.57. The van der Waals surface area contributed by atoms with Gasteiger partial charge in [-0.2, -0.15) is 0 Å². The van der Waals surface area contributed by atoms with Crippen molar-refractivity contribution in [2.45, 2.75) is 69.5 Å². The van der Waals surface area contributed by atoms with E-state index in [1.807, 2.05) is 0 Å². The number of methoxy groups -OCH3 is 1. The fourth-order valence-corrected chi connectivity index (χ4v) is 4.27. The lowest BCUT2D eigenvalue weighted by Crippen LogP contribution is -2.56. The molecule has 0 aromatic rings. The Morgan fingerprint density at radius 1 is 1.42 bits per heavy atom. The molecular weight excluding hydrogens is 310 g/mol. The number of carbonyl (C=O) groups is 1. The summed E-state index contributed by atoms with van der Waals surface area (Å²) in [4.78, 5) is 11.7. The van der Waals surface area contributed by atoms with Crippen LogP contribution in [0.15, 0.2) is 11.6 Å². The zero-order valence-corrected chi connectivity index (χ0v) is 15.3. The monoisotopic (exact) mass is 339 g/mol. The molecule has 3 rings (SSSR count). The highest BCUT2D eigenvalue weighted by molar-refractivity contribution is 5.67. The standard InChI is InChI=1S/C18H29NO5/c1-11(2)6-7-13-17(3,24-13)15-14(21-5)12(23-16(20)19-4)8-9-18(15)10-22-18/h6,12-15H,7-10H2,1-5H3,(H,19,20)/t12-,13-,14-,15-,17?,18+/m1/s1. The van der Waals surface area contributed by atoms with Gasteiger partial charge >= 0.3 is 6.09 Å². The Hall–Kier alpha value is -1.11. The van der Waals surface area contributed by atoms with Gasteiger partial charge in [0.15, 0.2) is 0 Å². The molecule has 2 heterocycles. The predicted octanol–water partition coefficient (Wildman–Crippen LogP) is 2.42. The van der Waals surface area contributed by atoms with Crippen molar-refractivity contribution < 1.29 is 23.7 Å². The Balaban J connectivity index is 1.78. The number of carbonyl (C=O) groups excluding carboxylic acids is 1. The molecule has 6 atom stereocenters. The first-order valence-electron chi connectivity index (χ1n) is 8.72. The van der Waals surface area contributed by atoms with Gasteiger partial charge in [0.1, 0.15) is 23.4 Å². The van der Waals surface area contributed by atoms with E-state index >= 15 is 0 Å². The van der Waals surface area contributed by atoms with Gasteiger partial charge in [-0.05, 0) is 40.0 Å². The van der Waals surface area contributed by atoms with Gasteiger partial charge in [0, 0.05) is 14.2 Å². The van der Waals surface area contributed by atoms with Crippen LogP contribution in [-0.2, 0) is 18.9 Å². The maximum Gasteiger partial charge on any atom is 0.407 e. The summed E-state index contributed by atoms with van der Waals surface area (Å²) < 4.78 is 23.3. The second kappa shape index (κ2) is 6.32. The predicted molar refractivity (Wildman–Crippen MR) is 88.9 cm³/mol. The second-order valence-corrected chi connectivity index (χ2v) is 7.57. The lowest BCUT2D eigenvalue weighted by atomic mass is 9.68. The van der Waals surface area contributed by atoms with E-state index in [0.29, 0.717) is 0 Å². The largest absolute Gasteiger partial charge is 0.443 e. The Labute approximate surface area is 143 Å². The molecule has 1 saturated carbocycles. The van der Waals surface area contributed by atoms with Crippen LogP contribution in [0.3, 0.4) is 0 Å². The fourth-order valence-electron chi connectivity index (χ4n) is 4.27. The minimum Gasteiger partial charge on any atom is -0.443 e. The van der Waals surface area contributed by atoms with Crippen LogP contribution in [0.4, 0.5) is 4.79 Å². The van der Waals surface area contributed by atoms with E-state index in [1.165, 1.54) is 5.57 Å². The minimum atomic E-state index is -0.420. The molecule has 6 heteroatoms. The van der Waals surface area contributed by atoms with Crippen LogP contribution in [0.1, 0.15) is 40.0 Å². The molecule has 1 N–H and O–H groups in total. The summed E-state index contributed by atoms with van der Waals surface area (Å²) in [5.74, 6) is 0.0639. The van der Waals surface area contributed by atoms with Gasteiger partial charge in [0.05, 0.1) is 18.6 Å². The molecule has 1 amide bonds. The molecule has 24 heavy (non-hydrogen) atoms. The Bertz CT molecular complexity index is 526. The summed E-state index contributed by atoms with van der Waals surface area (Å²) in [7, 11) is 3.24. The van der Waals surface area contributed by atoms with Crippen LogP contribution in [0.25, 0.3) is 0 Å². The third-order valence-corrected chi connectivity index (χ3v) is 5.70. The van der Waals surface area contributed by atoms with Gasteiger partial charge in [-0.1, -0.05) is 11.6 Å². The lowest BCUT2D eigenvalue weighted by molar-refractivity contribution is -0.117. The normalized spacial score (nSPS) is 43.2. The molecule has 2 aliphatic heterocycles. The van der Waals surface area contributed by atoms with Crippen molar-refractivity contribution in [1.29, 1.82) is 0 Å². The number of nitrogens with one attached hydrogen (secondary N) is 1. The SMILES string of the molecule is CNC(=O)O[C@@H]1CC[C@]2(CO2)[C@@H](C2(C)O[C@@H]2CC=C(C)C)[C@@H]1OC. The zero-order chi connectivity index (χ0) is 17.5. The van der Waals surface area contributed by atoms with Crippen molar-refractivity contribution >= 4 is 6.09 Å². The first-order chi connectivity index (χ1) is 11.4. The maximum absolute atomic E-state index is 11.7. The van der Waals surface area contributed by atoms with Crippen LogP contribution in [0.5, 0.6) is 0 Å². The number of epoxide rings is 2. The highest BCUT2D eigenvalue weighted by atomic mass is 16.6. The van der Waals surface area contributed by atoms with E-state index < -0.39 is 6.09 Å². The summed E-state index contributed by atoms with van der Waals surface area (Å²) >= 11 is 0. The average Bonchev–Trinajstić information content (AvgIpc) is 3.45. The first-order valence-corrected chi connectivity index (χ1v) is 8.72. The van der Waals surface area contributed by atoms with Gasteiger partial charge in [0.25, 0.3) is 0 Å². The number of hydrogen-bond acceptors (Lipinski definition) is 5. The molecule has 1 spiro atoms. The van der Waals surface area contributed by atoms with Crippen molar-refractivity contribution in [1.82, 2.24) is 5.32 Å². The molecule has 3 aliphatic rings. The molecular formula is C18H29NO5. The highest BCUT2D eigenvalue weighted by Crippen LogP contribution is 2.59. The van der Waals surface area contributed by atoms with E-state index in [0.717, 1.165) is 25.9 Å². The molecule has 1 unspecified atom stereocenters. The number of alkyl carbamates (subject to hydrolysis) is 1. The number of hydrogen-bond donors (Lipinski definition) is 1. The third kappa shape index (κ3) is 3.07. The Kier molecular flexibility index (Phi) is 4.66. The maximum atomic E-state index is 11.7. The van der Waals surface area contributed by atoms with Crippen LogP contribution >= 0.6 is 0 Å². The molecule has 0 bridgehead atoms. The van der Waals surface area contributed by atoms with E-state index in [-0.39, 0.29) is 35.4 Å². The summed E-state index contributed by atoms with van der Waals surface area (Å²) in [5, 5.41) is 2.52. The van der Waals surface area contributed by atoms with E-state index in [1.54, 1.807) is 14.2 Å². The summed E-state index contributed by atoms with van der Waals surface area (Å²) in [6.45, 7) is 7.06. The lowest BCUT2D eigenvalue weighted by Gasteiger charge is -2.42. The minimum absolute atomic E-state index is 0.0639. The molecule has 3 fully saturated rings. The van der Waals surface area contributed by atoms with Gasteiger partial charge in [-0.15, -0.1) is 0 Å². The van der Waals surface area contributed by atoms with Gasteiger partial charge in [0.2, 0.25) is 0 Å². The molecule has 2 saturated heterocycles. The van der Waals surface area contributed by atoms with E-state index in [4.69, 9.17) is 18.9 Å². The molecule has 0 aromatic heterocycles. The summed E-state index contributed by atoms with van der Waals surface area (Å²) in [6, 6.07) is 0. The van der Waals surface area contributed by atoms with E-state index in [2.05, 4.69) is 32.2 Å². The first kappa shape index (κ1) is 17.7. The number of ether oxygens (including phenoxy) is 4. The average molecular weight is 339 g/mol. The Morgan fingerprint density at radius 2 is 2.12 bits per heavy atom.